The number of hydrogen-bond acceptors (Lipinski definition) is 2. The molecule has 2 nitrogen and oxygen atoms in total. The zero-order valence-corrected chi connectivity index (χ0v) is 8.39. The van der Waals surface area contributed by atoms with E-state index in [0.29, 0.717) is 12.0 Å². The predicted octanol–water partition coefficient (Wildman–Crippen LogP) is 1.07. The van der Waals surface area contributed by atoms with E-state index in [1.54, 1.807) is 0 Å². The minimum absolute atomic E-state index is 0.190. The minimum atomic E-state index is -0.379. The SMILES string of the molecule is Fc1ccc(F)c(C[C@H]2CNCCN2)c1. The summed E-state index contributed by atoms with van der Waals surface area (Å²) in [4.78, 5) is 0. The highest BCUT2D eigenvalue weighted by atomic mass is 19.1. The molecule has 4 heteroatoms. The van der Waals surface area contributed by atoms with Gasteiger partial charge in [0.2, 0.25) is 0 Å². The third kappa shape index (κ3) is 2.73. The zero-order valence-electron chi connectivity index (χ0n) is 8.39. The van der Waals surface area contributed by atoms with Crippen LogP contribution in [0.5, 0.6) is 0 Å². The van der Waals surface area contributed by atoms with Crippen molar-refractivity contribution in [1.29, 1.82) is 0 Å². The largest absolute Gasteiger partial charge is 0.314 e. The zero-order chi connectivity index (χ0) is 10.7. The molecule has 0 amide bonds. The molecule has 1 fully saturated rings. The maximum absolute atomic E-state index is 13.3. The van der Waals surface area contributed by atoms with E-state index in [-0.39, 0.29) is 17.7 Å². The summed E-state index contributed by atoms with van der Waals surface area (Å²) in [7, 11) is 0. The van der Waals surface area contributed by atoms with Gasteiger partial charge in [-0.25, -0.2) is 8.78 Å². The molecule has 0 spiro atoms. The molecule has 15 heavy (non-hydrogen) atoms. The highest BCUT2D eigenvalue weighted by Gasteiger charge is 2.14. The van der Waals surface area contributed by atoms with Crippen LogP contribution in [0.15, 0.2) is 18.2 Å². The van der Waals surface area contributed by atoms with Crippen LogP contribution in [-0.2, 0) is 6.42 Å². The van der Waals surface area contributed by atoms with E-state index in [0.717, 1.165) is 25.7 Å². The lowest BCUT2D eigenvalue weighted by atomic mass is 10.0. The van der Waals surface area contributed by atoms with E-state index in [9.17, 15) is 8.78 Å². The van der Waals surface area contributed by atoms with Crippen molar-refractivity contribution < 1.29 is 8.78 Å². The molecule has 0 aromatic heterocycles. The molecular weight excluding hydrogens is 198 g/mol. The summed E-state index contributed by atoms with van der Waals surface area (Å²) in [6.45, 7) is 2.61. The highest BCUT2D eigenvalue weighted by molar-refractivity contribution is 5.20. The Morgan fingerprint density at radius 1 is 1.27 bits per heavy atom. The van der Waals surface area contributed by atoms with Crippen LogP contribution in [0.3, 0.4) is 0 Å². The van der Waals surface area contributed by atoms with Gasteiger partial charge in [-0.05, 0) is 30.2 Å². The molecule has 82 valence electrons. The molecule has 0 radical (unpaired) electrons. The number of piperazine rings is 1. The van der Waals surface area contributed by atoms with Gasteiger partial charge in [-0.3, -0.25) is 0 Å². The van der Waals surface area contributed by atoms with E-state index in [4.69, 9.17) is 0 Å². The lowest BCUT2D eigenvalue weighted by molar-refractivity contribution is 0.411. The van der Waals surface area contributed by atoms with Crippen molar-refractivity contribution in [1.82, 2.24) is 10.6 Å². The van der Waals surface area contributed by atoms with Gasteiger partial charge in [-0.1, -0.05) is 0 Å². The predicted molar refractivity (Wildman–Crippen MR) is 54.7 cm³/mol. The maximum Gasteiger partial charge on any atom is 0.126 e. The molecule has 1 atom stereocenters. The molecule has 0 bridgehead atoms. The molecule has 1 aromatic carbocycles. The average Bonchev–Trinajstić information content (AvgIpc) is 2.25. The lowest BCUT2D eigenvalue weighted by Gasteiger charge is -2.24. The molecule has 1 saturated heterocycles. The van der Waals surface area contributed by atoms with Crippen LogP contribution in [0.4, 0.5) is 8.78 Å². The first-order valence-corrected chi connectivity index (χ1v) is 5.14. The molecule has 2 N–H and O–H groups in total. The van der Waals surface area contributed by atoms with E-state index in [1.807, 2.05) is 0 Å². The van der Waals surface area contributed by atoms with Gasteiger partial charge in [0.1, 0.15) is 11.6 Å². The molecule has 1 aliphatic rings. The van der Waals surface area contributed by atoms with Crippen LogP contribution in [0, 0.1) is 11.6 Å². The van der Waals surface area contributed by atoms with Crippen molar-refractivity contribution in [2.24, 2.45) is 0 Å². The molecule has 1 aromatic rings. The van der Waals surface area contributed by atoms with Gasteiger partial charge < -0.3 is 10.6 Å². The van der Waals surface area contributed by atoms with E-state index in [1.165, 1.54) is 12.1 Å². The van der Waals surface area contributed by atoms with E-state index in [2.05, 4.69) is 10.6 Å². The topological polar surface area (TPSA) is 24.1 Å². The molecule has 0 aliphatic carbocycles. The second kappa shape index (κ2) is 4.68. The number of benzene rings is 1. The summed E-state index contributed by atoms with van der Waals surface area (Å²) < 4.78 is 26.2. The fraction of sp³-hybridized carbons (Fsp3) is 0.455. The van der Waals surface area contributed by atoms with Crippen LogP contribution in [0.2, 0.25) is 0 Å². The van der Waals surface area contributed by atoms with Gasteiger partial charge in [-0.15, -0.1) is 0 Å². The monoisotopic (exact) mass is 212 g/mol. The smallest absolute Gasteiger partial charge is 0.126 e. The Bertz CT molecular complexity index is 335. The fourth-order valence-corrected chi connectivity index (χ4v) is 1.82. The van der Waals surface area contributed by atoms with Crippen molar-refractivity contribution in [2.75, 3.05) is 19.6 Å². The van der Waals surface area contributed by atoms with Crippen LogP contribution < -0.4 is 10.6 Å². The highest BCUT2D eigenvalue weighted by Crippen LogP contribution is 2.12. The van der Waals surface area contributed by atoms with Crippen LogP contribution in [0.1, 0.15) is 5.56 Å². The number of rotatable bonds is 2. The van der Waals surface area contributed by atoms with Gasteiger partial charge in [0.05, 0.1) is 0 Å². The maximum atomic E-state index is 13.3. The molecule has 0 saturated carbocycles. The first-order chi connectivity index (χ1) is 7.25. The standard InChI is InChI=1S/C11H14F2N2/c12-9-1-2-11(13)8(5-9)6-10-7-14-3-4-15-10/h1-2,5,10,14-15H,3-4,6-7H2/t10-/m0/s1. The van der Waals surface area contributed by atoms with Gasteiger partial charge in [0.15, 0.2) is 0 Å². The Kier molecular flexibility index (Phi) is 3.28. The Morgan fingerprint density at radius 3 is 2.87 bits per heavy atom. The van der Waals surface area contributed by atoms with E-state index >= 15 is 0 Å². The van der Waals surface area contributed by atoms with Crippen molar-refractivity contribution in [3.05, 3.63) is 35.4 Å². The quantitative estimate of drug-likeness (QED) is 0.766. The second-order valence-corrected chi connectivity index (χ2v) is 3.80. The Labute approximate surface area is 87.7 Å². The van der Waals surface area contributed by atoms with Crippen LogP contribution in [-0.4, -0.2) is 25.7 Å². The first-order valence-electron chi connectivity index (χ1n) is 5.14. The average molecular weight is 212 g/mol. The lowest BCUT2D eigenvalue weighted by Crippen LogP contribution is -2.49. The number of hydrogen-bond donors (Lipinski definition) is 2. The molecule has 1 aliphatic heterocycles. The molecule has 2 rings (SSSR count). The van der Waals surface area contributed by atoms with Crippen molar-refractivity contribution in [3.8, 4) is 0 Å². The van der Waals surface area contributed by atoms with Crippen molar-refractivity contribution in [3.63, 3.8) is 0 Å². The third-order valence-electron chi connectivity index (χ3n) is 2.60. The summed E-state index contributed by atoms with van der Waals surface area (Å²) in [6.07, 6.45) is 0.524. The Balaban J connectivity index is 2.05. The van der Waals surface area contributed by atoms with Crippen molar-refractivity contribution >= 4 is 0 Å². The van der Waals surface area contributed by atoms with Gasteiger partial charge in [-0.2, -0.15) is 0 Å². The van der Waals surface area contributed by atoms with Gasteiger partial charge >= 0.3 is 0 Å². The summed E-state index contributed by atoms with van der Waals surface area (Å²) in [5, 5.41) is 6.47. The fourth-order valence-electron chi connectivity index (χ4n) is 1.82. The Morgan fingerprint density at radius 2 is 2.13 bits per heavy atom. The van der Waals surface area contributed by atoms with Gasteiger partial charge in [0.25, 0.3) is 0 Å². The third-order valence-corrected chi connectivity index (χ3v) is 2.60. The van der Waals surface area contributed by atoms with Gasteiger partial charge in [0, 0.05) is 25.7 Å². The second-order valence-electron chi connectivity index (χ2n) is 3.80. The Hall–Kier alpha value is -1.00. The minimum Gasteiger partial charge on any atom is -0.314 e. The molecule has 1 heterocycles. The summed E-state index contributed by atoms with van der Waals surface area (Å²) in [5.74, 6) is -0.709. The summed E-state index contributed by atoms with van der Waals surface area (Å²) in [5.41, 5.74) is 0.441. The van der Waals surface area contributed by atoms with Crippen LogP contribution in [0.25, 0.3) is 0 Å². The molecular formula is C11H14F2N2. The van der Waals surface area contributed by atoms with Crippen molar-refractivity contribution in [2.45, 2.75) is 12.5 Å². The first kappa shape index (κ1) is 10.5. The van der Waals surface area contributed by atoms with Crippen LogP contribution >= 0.6 is 0 Å². The summed E-state index contributed by atoms with van der Waals surface area (Å²) in [6, 6.07) is 3.79. The normalized spacial score (nSPS) is 21.6. The number of halogens is 2. The molecule has 0 unspecified atom stereocenters. The number of nitrogens with one attached hydrogen (secondary N) is 2. The van der Waals surface area contributed by atoms with E-state index < -0.39 is 0 Å². The summed E-state index contributed by atoms with van der Waals surface area (Å²) >= 11 is 0.